The molecule has 12 rings (SSSR count). The molecule has 11 aromatic carbocycles. The van der Waals surface area contributed by atoms with E-state index in [9.17, 15) is 0 Å². The van der Waals surface area contributed by atoms with Crippen LogP contribution in [0.1, 0.15) is 25.0 Å². The third-order valence-electron chi connectivity index (χ3n) is 13.5. The second-order valence-corrected chi connectivity index (χ2v) is 17.1. The molecule has 0 atom stereocenters. The second-order valence-electron chi connectivity index (χ2n) is 17.1. The zero-order valence-corrected chi connectivity index (χ0v) is 34.3. The monoisotopic (exact) mass is 774 g/mol. The zero-order valence-electron chi connectivity index (χ0n) is 34.3. The van der Waals surface area contributed by atoms with E-state index in [-0.39, 0.29) is 5.41 Å². The van der Waals surface area contributed by atoms with Crippen LogP contribution in [-0.4, -0.2) is 0 Å². The van der Waals surface area contributed by atoms with Crippen LogP contribution in [0.25, 0.3) is 110 Å². The van der Waals surface area contributed by atoms with Gasteiger partial charge in [-0.15, -0.1) is 0 Å². The fourth-order valence-electron chi connectivity index (χ4n) is 10.6. The van der Waals surface area contributed by atoms with Crippen molar-refractivity contribution in [1.29, 1.82) is 0 Å². The Hall–Kier alpha value is -7.54. The molecule has 61 heavy (non-hydrogen) atoms. The van der Waals surface area contributed by atoms with Gasteiger partial charge in [0.2, 0.25) is 0 Å². The van der Waals surface area contributed by atoms with Gasteiger partial charge in [0.1, 0.15) is 0 Å². The van der Waals surface area contributed by atoms with E-state index < -0.39 is 0 Å². The van der Waals surface area contributed by atoms with Gasteiger partial charge in [0.05, 0.1) is 0 Å². The molecule has 0 aliphatic heterocycles. The summed E-state index contributed by atoms with van der Waals surface area (Å²) < 4.78 is 0. The molecule has 1 aliphatic rings. The molecular formula is C61H42. The number of hydrogen-bond donors (Lipinski definition) is 0. The molecule has 0 spiro atoms. The van der Waals surface area contributed by atoms with Crippen LogP contribution in [0, 0.1) is 0 Å². The minimum Gasteiger partial charge on any atom is -0.0622 e. The van der Waals surface area contributed by atoms with Crippen LogP contribution < -0.4 is 0 Å². The van der Waals surface area contributed by atoms with Gasteiger partial charge in [0, 0.05) is 5.41 Å². The highest BCUT2D eigenvalue weighted by molar-refractivity contribution is 6.23. The molecule has 0 unspecified atom stereocenters. The van der Waals surface area contributed by atoms with Crippen molar-refractivity contribution in [2.45, 2.75) is 19.3 Å². The molecule has 0 saturated heterocycles. The Bertz CT molecular complexity index is 3460. The topological polar surface area (TPSA) is 0 Å². The molecule has 0 bridgehead atoms. The van der Waals surface area contributed by atoms with E-state index in [4.69, 9.17) is 0 Å². The minimum atomic E-state index is -0.0715. The number of fused-ring (bicyclic) bond motifs is 7. The van der Waals surface area contributed by atoms with Gasteiger partial charge in [-0.25, -0.2) is 0 Å². The standard InChI is InChI=1S/C61H42/c1-61(2)55-28-16-15-21-45(55)46-35-34-44(38-56(46)61)60-51-26-13-10-23-48(51)57(49-24-11-14-27-52(49)60)41-29-31-42(32-30-41)58-47-22-9-12-25-50(47)59(40-19-7-4-8-20-40)54-37-43(33-36-53(54)58)39-17-5-3-6-18-39/h3-38H,1-2H3. The Balaban J connectivity index is 1.05. The van der Waals surface area contributed by atoms with Gasteiger partial charge < -0.3 is 0 Å². The van der Waals surface area contributed by atoms with E-state index in [0.717, 1.165) is 0 Å². The van der Waals surface area contributed by atoms with Crippen molar-refractivity contribution in [1.82, 2.24) is 0 Å². The Kier molecular flexibility index (Phi) is 7.99. The summed E-state index contributed by atoms with van der Waals surface area (Å²) in [6, 6.07) is 81.1. The first kappa shape index (κ1) is 35.4. The van der Waals surface area contributed by atoms with E-state index in [1.54, 1.807) is 0 Å². The molecule has 1 aliphatic carbocycles. The average Bonchev–Trinajstić information content (AvgIpc) is 3.55. The van der Waals surface area contributed by atoms with Crippen molar-refractivity contribution in [2.75, 3.05) is 0 Å². The van der Waals surface area contributed by atoms with Gasteiger partial charge in [0.15, 0.2) is 0 Å². The molecule has 0 aromatic heterocycles. The highest BCUT2D eigenvalue weighted by Crippen LogP contribution is 2.52. The molecule has 0 radical (unpaired) electrons. The maximum atomic E-state index is 2.47. The lowest BCUT2D eigenvalue weighted by Gasteiger charge is -2.23. The van der Waals surface area contributed by atoms with Gasteiger partial charge in [0.25, 0.3) is 0 Å². The third kappa shape index (κ3) is 5.46. The van der Waals surface area contributed by atoms with E-state index >= 15 is 0 Å². The average molecular weight is 775 g/mol. The highest BCUT2D eigenvalue weighted by atomic mass is 14.4. The summed E-state index contributed by atoms with van der Waals surface area (Å²) >= 11 is 0. The van der Waals surface area contributed by atoms with Gasteiger partial charge in [-0.1, -0.05) is 220 Å². The fourth-order valence-corrected chi connectivity index (χ4v) is 10.6. The highest BCUT2D eigenvalue weighted by Gasteiger charge is 2.35. The van der Waals surface area contributed by atoms with Crippen LogP contribution in [-0.2, 0) is 5.41 Å². The SMILES string of the molecule is CC1(C)c2ccccc2-c2ccc(-c3c4ccccc4c(-c4ccc(-c5c6ccccc6c(-c6ccccc6)c6cc(-c7ccccc7)ccc56)cc4)c4ccccc34)cc21. The molecule has 0 N–H and O–H groups in total. The van der Waals surface area contributed by atoms with Crippen molar-refractivity contribution in [2.24, 2.45) is 0 Å². The van der Waals surface area contributed by atoms with Crippen LogP contribution in [0.2, 0.25) is 0 Å². The zero-order chi connectivity index (χ0) is 40.7. The fraction of sp³-hybridized carbons (Fsp3) is 0.0492. The van der Waals surface area contributed by atoms with Crippen LogP contribution in [0.3, 0.4) is 0 Å². The first-order valence-corrected chi connectivity index (χ1v) is 21.4. The number of benzene rings is 11. The first-order valence-electron chi connectivity index (χ1n) is 21.4. The lowest BCUT2D eigenvalue weighted by Crippen LogP contribution is -2.14. The Morgan fingerprint density at radius 1 is 0.230 bits per heavy atom. The molecule has 0 saturated carbocycles. The van der Waals surface area contributed by atoms with Gasteiger partial charge in [-0.05, 0) is 133 Å². The van der Waals surface area contributed by atoms with Gasteiger partial charge in [-0.3, -0.25) is 0 Å². The normalized spacial score (nSPS) is 12.9. The molecular weight excluding hydrogens is 733 g/mol. The van der Waals surface area contributed by atoms with E-state index in [1.807, 2.05) is 0 Å². The van der Waals surface area contributed by atoms with Gasteiger partial charge >= 0.3 is 0 Å². The second kappa shape index (κ2) is 13.8. The quantitative estimate of drug-likeness (QED) is 0.153. The molecule has 0 fully saturated rings. The number of rotatable bonds is 5. The van der Waals surface area contributed by atoms with Crippen molar-refractivity contribution >= 4 is 43.1 Å². The van der Waals surface area contributed by atoms with Crippen molar-refractivity contribution < 1.29 is 0 Å². The third-order valence-corrected chi connectivity index (χ3v) is 13.5. The first-order chi connectivity index (χ1) is 30.0. The summed E-state index contributed by atoms with van der Waals surface area (Å²) in [6.45, 7) is 4.74. The predicted molar refractivity (Wildman–Crippen MR) is 261 cm³/mol. The Morgan fingerprint density at radius 2 is 0.590 bits per heavy atom. The maximum Gasteiger partial charge on any atom is 0.0159 e. The largest absolute Gasteiger partial charge is 0.0622 e. The van der Waals surface area contributed by atoms with E-state index in [0.29, 0.717) is 0 Å². The molecule has 11 aromatic rings. The minimum absolute atomic E-state index is 0.0715. The summed E-state index contributed by atoms with van der Waals surface area (Å²) in [5.74, 6) is 0. The smallest absolute Gasteiger partial charge is 0.0159 e. The predicted octanol–water partition coefficient (Wildman–Crippen LogP) is 16.9. The number of hydrogen-bond acceptors (Lipinski definition) is 0. The van der Waals surface area contributed by atoms with E-state index in [2.05, 4.69) is 232 Å². The molecule has 0 heterocycles. The molecule has 0 nitrogen and oxygen atoms in total. The van der Waals surface area contributed by atoms with Crippen LogP contribution in [0.15, 0.2) is 218 Å². The molecule has 0 amide bonds. The van der Waals surface area contributed by atoms with Crippen LogP contribution in [0.5, 0.6) is 0 Å². The summed E-state index contributed by atoms with van der Waals surface area (Å²) in [5.41, 5.74) is 17.9. The lowest BCUT2D eigenvalue weighted by molar-refractivity contribution is 0.660. The molecule has 286 valence electrons. The van der Waals surface area contributed by atoms with Crippen LogP contribution >= 0.6 is 0 Å². The van der Waals surface area contributed by atoms with Crippen molar-refractivity contribution in [3.8, 4) is 66.8 Å². The van der Waals surface area contributed by atoms with Gasteiger partial charge in [-0.2, -0.15) is 0 Å². The Labute approximate surface area is 357 Å². The van der Waals surface area contributed by atoms with Crippen LogP contribution in [0.4, 0.5) is 0 Å². The molecule has 0 heteroatoms. The summed E-state index contributed by atoms with van der Waals surface area (Å²) in [6.07, 6.45) is 0. The Morgan fingerprint density at radius 3 is 1.13 bits per heavy atom. The van der Waals surface area contributed by atoms with Crippen molar-refractivity contribution in [3.05, 3.63) is 230 Å². The van der Waals surface area contributed by atoms with Crippen molar-refractivity contribution in [3.63, 3.8) is 0 Å². The summed E-state index contributed by atoms with van der Waals surface area (Å²) in [5, 5.41) is 10.1. The maximum absolute atomic E-state index is 2.47. The summed E-state index contributed by atoms with van der Waals surface area (Å²) in [4.78, 5) is 0. The van der Waals surface area contributed by atoms with E-state index in [1.165, 1.54) is 121 Å². The lowest BCUT2D eigenvalue weighted by atomic mass is 9.80. The summed E-state index contributed by atoms with van der Waals surface area (Å²) in [7, 11) is 0.